The standard InChI is InChI=1S/C14H21N3/c1-11(2)12-5-6-14-13(9-12)10-15-17(14)8-7-16(3)4/h5-6,9-11H,7-8H2,1-4H3. The van der Waals surface area contributed by atoms with E-state index in [4.69, 9.17) is 0 Å². The molecule has 0 radical (unpaired) electrons. The van der Waals surface area contributed by atoms with Gasteiger partial charge < -0.3 is 4.90 Å². The van der Waals surface area contributed by atoms with E-state index in [-0.39, 0.29) is 0 Å². The van der Waals surface area contributed by atoms with Gasteiger partial charge in [0.05, 0.1) is 18.3 Å². The van der Waals surface area contributed by atoms with Gasteiger partial charge in [-0.05, 0) is 37.7 Å². The number of fused-ring (bicyclic) bond motifs is 1. The Labute approximate surface area is 103 Å². The molecule has 3 nitrogen and oxygen atoms in total. The zero-order valence-corrected chi connectivity index (χ0v) is 11.1. The molecular formula is C14H21N3. The zero-order chi connectivity index (χ0) is 12.4. The molecule has 0 saturated carbocycles. The van der Waals surface area contributed by atoms with Crippen molar-refractivity contribution in [1.29, 1.82) is 0 Å². The molecule has 0 bridgehead atoms. The van der Waals surface area contributed by atoms with E-state index in [1.54, 1.807) is 0 Å². The third kappa shape index (κ3) is 2.67. The number of hydrogen-bond donors (Lipinski definition) is 0. The van der Waals surface area contributed by atoms with Crippen molar-refractivity contribution in [3.8, 4) is 0 Å². The zero-order valence-electron chi connectivity index (χ0n) is 11.1. The highest BCUT2D eigenvalue weighted by Gasteiger charge is 2.05. The Bertz CT molecular complexity index is 497. The molecule has 0 unspecified atom stereocenters. The second-order valence-electron chi connectivity index (χ2n) is 5.14. The second kappa shape index (κ2) is 4.88. The van der Waals surface area contributed by atoms with Crippen molar-refractivity contribution in [2.45, 2.75) is 26.3 Å². The average Bonchev–Trinajstić information content (AvgIpc) is 2.68. The Balaban J connectivity index is 2.28. The molecule has 0 aliphatic rings. The second-order valence-corrected chi connectivity index (χ2v) is 5.14. The minimum Gasteiger partial charge on any atom is -0.308 e. The van der Waals surface area contributed by atoms with Gasteiger partial charge in [-0.25, -0.2) is 0 Å². The summed E-state index contributed by atoms with van der Waals surface area (Å²) >= 11 is 0. The fourth-order valence-corrected chi connectivity index (χ4v) is 1.94. The van der Waals surface area contributed by atoms with Gasteiger partial charge in [-0.2, -0.15) is 5.10 Å². The van der Waals surface area contributed by atoms with Crippen LogP contribution in [0.2, 0.25) is 0 Å². The van der Waals surface area contributed by atoms with Crippen LogP contribution in [-0.2, 0) is 6.54 Å². The molecule has 0 aliphatic heterocycles. The molecule has 1 aromatic carbocycles. The summed E-state index contributed by atoms with van der Waals surface area (Å²) in [4.78, 5) is 2.18. The van der Waals surface area contributed by atoms with E-state index >= 15 is 0 Å². The Kier molecular flexibility index (Phi) is 3.48. The van der Waals surface area contributed by atoms with Gasteiger partial charge in [-0.1, -0.05) is 19.9 Å². The van der Waals surface area contributed by atoms with Gasteiger partial charge in [-0.15, -0.1) is 0 Å². The van der Waals surface area contributed by atoms with Crippen LogP contribution >= 0.6 is 0 Å². The molecule has 2 rings (SSSR count). The molecule has 1 heterocycles. The Hall–Kier alpha value is -1.35. The molecule has 2 aromatic rings. The number of nitrogens with zero attached hydrogens (tertiary/aromatic N) is 3. The van der Waals surface area contributed by atoms with Crippen LogP contribution in [0.15, 0.2) is 24.4 Å². The molecule has 0 atom stereocenters. The van der Waals surface area contributed by atoms with Crippen LogP contribution in [0.5, 0.6) is 0 Å². The molecule has 0 spiro atoms. The summed E-state index contributed by atoms with van der Waals surface area (Å²) < 4.78 is 2.08. The van der Waals surface area contributed by atoms with Crippen LogP contribution in [0.25, 0.3) is 10.9 Å². The molecule has 0 aliphatic carbocycles. The number of aromatic nitrogens is 2. The van der Waals surface area contributed by atoms with Crippen molar-refractivity contribution in [2.75, 3.05) is 20.6 Å². The first-order valence-electron chi connectivity index (χ1n) is 6.18. The Morgan fingerprint density at radius 1 is 1.29 bits per heavy atom. The fourth-order valence-electron chi connectivity index (χ4n) is 1.94. The Morgan fingerprint density at radius 3 is 2.71 bits per heavy atom. The lowest BCUT2D eigenvalue weighted by Crippen LogP contribution is -2.18. The van der Waals surface area contributed by atoms with Gasteiger partial charge in [0.1, 0.15) is 0 Å². The first kappa shape index (κ1) is 12.1. The number of benzene rings is 1. The molecule has 3 heteroatoms. The van der Waals surface area contributed by atoms with Gasteiger partial charge in [0, 0.05) is 11.9 Å². The largest absolute Gasteiger partial charge is 0.308 e. The highest BCUT2D eigenvalue weighted by Crippen LogP contribution is 2.21. The van der Waals surface area contributed by atoms with Gasteiger partial charge in [0.15, 0.2) is 0 Å². The van der Waals surface area contributed by atoms with E-state index in [0.717, 1.165) is 13.1 Å². The van der Waals surface area contributed by atoms with Crippen LogP contribution in [0.4, 0.5) is 0 Å². The lowest BCUT2D eigenvalue weighted by molar-refractivity contribution is 0.377. The first-order chi connectivity index (χ1) is 8.08. The van der Waals surface area contributed by atoms with Gasteiger partial charge in [0.2, 0.25) is 0 Å². The molecule has 1 aromatic heterocycles. The third-order valence-electron chi connectivity index (χ3n) is 3.09. The molecule has 0 N–H and O–H groups in total. The number of hydrogen-bond acceptors (Lipinski definition) is 2. The minimum atomic E-state index is 0.574. The van der Waals surface area contributed by atoms with Crippen molar-refractivity contribution >= 4 is 10.9 Å². The molecular weight excluding hydrogens is 210 g/mol. The third-order valence-corrected chi connectivity index (χ3v) is 3.09. The maximum atomic E-state index is 4.46. The number of likely N-dealkylation sites (N-methyl/N-ethyl adjacent to an activating group) is 1. The predicted molar refractivity (Wildman–Crippen MR) is 72.4 cm³/mol. The maximum absolute atomic E-state index is 4.46. The average molecular weight is 231 g/mol. The summed E-state index contributed by atoms with van der Waals surface area (Å²) in [7, 11) is 4.17. The normalized spacial score (nSPS) is 11.9. The van der Waals surface area contributed by atoms with Crippen molar-refractivity contribution < 1.29 is 0 Å². The van der Waals surface area contributed by atoms with Crippen LogP contribution < -0.4 is 0 Å². The van der Waals surface area contributed by atoms with Crippen molar-refractivity contribution in [3.05, 3.63) is 30.0 Å². The summed E-state index contributed by atoms with van der Waals surface area (Å²) in [5, 5.41) is 5.70. The van der Waals surface area contributed by atoms with Crippen LogP contribution in [-0.4, -0.2) is 35.3 Å². The maximum Gasteiger partial charge on any atom is 0.0683 e. The molecule has 17 heavy (non-hydrogen) atoms. The van der Waals surface area contributed by atoms with Crippen LogP contribution in [0.1, 0.15) is 25.3 Å². The van der Waals surface area contributed by atoms with E-state index in [2.05, 4.69) is 60.8 Å². The van der Waals surface area contributed by atoms with Crippen molar-refractivity contribution in [1.82, 2.24) is 14.7 Å². The van der Waals surface area contributed by atoms with Crippen molar-refractivity contribution in [3.63, 3.8) is 0 Å². The van der Waals surface area contributed by atoms with E-state index in [9.17, 15) is 0 Å². The summed E-state index contributed by atoms with van der Waals surface area (Å²) in [6, 6.07) is 6.65. The summed E-state index contributed by atoms with van der Waals surface area (Å²) in [5.74, 6) is 0.574. The molecule has 0 amide bonds. The topological polar surface area (TPSA) is 21.1 Å². The molecule has 0 fully saturated rings. The van der Waals surface area contributed by atoms with E-state index < -0.39 is 0 Å². The fraction of sp³-hybridized carbons (Fsp3) is 0.500. The van der Waals surface area contributed by atoms with E-state index in [0.29, 0.717) is 5.92 Å². The van der Waals surface area contributed by atoms with E-state index in [1.807, 2.05) is 6.20 Å². The summed E-state index contributed by atoms with van der Waals surface area (Å²) in [6.07, 6.45) is 1.97. The van der Waals surface area contributed by atoms with Gasteiger partial charge in [-0.3, -0.25) is 4.68 Å². The predicted octanol–water partition coefficient (Wildman–Crippen LogP) is 2.72. The summed E-state index contributed by atoms with van der Waals surface area (Å²) in [6.45, 7) is 6.40. The van der Waals surface area contributed by atoms with Gasteiger partial charge >= 0.3 is 0 Å². The Morgan fingerprint density at radius 2 is 2.06 bits per heavy atom. The monoisotopic (exact) mass is 231 g/mol. The van der Waals surface area contributed by atoms with Crippen LogP contribution in [0, 0.1) is 0 Å². The lowest BCUT2D eigenvalue weighted by Gasteiger charge is -2.10. The minimum absolute atomic E-state index is 0.574. The molecule has 92 valence electrons. The number of rotatable bonds is 4. The lowest BCUT2D eigenvalue weighted by atomic mass is 10.0. The SMILES string of the molecule is CC(C)c1ccc2c(cnn2CCN(C)C)c1. The van der Waals surface area contributed by atoms with E-state index in [1.165, 1.54) is 16.5 Å². The molecule has 0 saturated heterocycles. The van der Waals surface area contributed by atoms with Crippen molar-refractivity contribution in [2.24, 2.45) is 0 Å². The summed E-state index contributed by atoms with van der Waals surface area (Å²) in [5.41, 5.74) is 2.61. The first-order valence-corrected chi connectivity index (χ1v) is 6.18. The quantitative estimate of drug-likeness (QED) is 0.806. The smallest absolute Gasteiger partial charge is 0.0683 e. The van der Waals surface area contributed by atoms with Crippen LogP contribution in [0.3, 0.4) is 0 Å². The highest BCUT2D eigenvalue weighted by molar-refractivity contribution is 5.79. The van der Waals surface area contributed by atoms with Gasteiger partial charge in [0.25, 0.3) is 0 Å². The highest BCUT2D eigenvalue weighted by atomic mass is 15.3.